The third-order valence-corrected chi connectivity index (χ3v) is 4.39. The minimum Gasteiger partial charge on any atom is -0.448 e. The highest BCUT2D eigenvalue weighted by Crippen LogP contribution is 2.27. The molecule has 5 nitrogen and oxygen atoms in total. The Hall–Kier alpha value is -2.63. The van der Waals surface area contributed by atoms with Crippen LogP contribution in [0.2, 0.25) is 0 Å². The smallest absolute Gasteiger partial charge is 0.287 e. The average Bonchev–Trinajstić information content (AvgIpc) is 3.13. The van der Waals surface area contributed by atoms with E-state index in [1.54, 1.807) is 25.3 Å². The van der Waals surface area contributed by atoms with Crippen LogP contribution < -0.4 is 5.32 Å². The van der Waals surface area contributed by atoms with Crippen LogP contribution in [0.25, 0.3) is 11.0 Å². The number of nitrogens with zero attached hydrogens (tertiary/aromatic N) is 2. The molecule has 23 heavy (non-hydrogen) atoms. The predicted octanol–water partition coefficient (Wildman–Crippen LogP) is 2.82. The van der Waals surface area contributed by atoms with Crippen molar-refractivity contribution in [2.45, 2.75) is 32.4 Å². The summed E-state index contributed by atoms with van der Waals surface area (Å²) in [4.78, 5) is 16.8. The van der Waals surface area contributed by atoms with Crippen molar-refractivity contribution in [3.05, 3.63) is 53.6 Å². The second-order valence-electron chi connectivity index (χ2n) is 5.88. The van der Waals surface area contributed by atoms with Gasteiger partial charge in [0.1, 0.15) is 5.82 Å². The molecular formula is C17H16FN3O2. The highest BCUT2D eigenvalue weighted by Gasteiger charge is 2.24. The molecule has 118 valence electrons. The van der Waals surface area contributed by atoms with E-state index >= 15 is 0 Å². The van der Waals surface area contributed by atoms with Crippen molar-refractivity contribution >= 4 is 16.9 Å². The van der Waals surface area contributed by atoms with Gasteiger partial charge in [0.2, 0.25) is 0 Å². The summed E-state index contributed by atoms with van der Waals surface area (Å²) < 4.78 is 21.3. The number of para-hydroxylation sites is 1. The number of nitrogens with one attached hydrogen (secondary N) is 1. The van der Waals surface area contributed by atoms with Crippen molar-refractivity contribution in [2.24, 2.45) is 0 Å². The number of hydrogen-bond donors (Lipinski definition) is 1. The lowest BCUT2D eigenvalue weighted by Crippen LogP contribution is -2.40. The number of furan rings is 1. The summed E-state index contributed by atoms with van der Waals surface area (Å²) >= 11 is 0. The van der Waals surface area contributed by atoms with E-state index in [1.807, 2.05) is 10.8 Å². The highest BCUT2D eigenvalue weighted by atomic mass is 19.1. The van der Waals surface area contributed by atoms with Gasteiger partial charge in [-0.3, -0.25) is 4.79 Å². The molecular weight excluding hydrogens is 297 g/mol. The summed E-state index contributed by atoms with van der Waals surface area (Å²) in [7, 11) is 0. The van der Waals surface area contributed by atoms with E-state index in [2.05, 4.69) is 10.3 Å². The zero-order chi connectivity index (χ0) is 16.0. The summed E-state index contributed by atoms with van der Waals surface area (Å²) in [6.07, 6.45) is 5.34. The first kappa shape index (κ1) is 14.0. The summed E-state index contributed by atoms with van der Waals surface area (Å²) in [5.41, 5.74) is 0.798. The standard InChI is InChI=1S/C17H16FN3O2/c1-10-12-3-2-4-13(18)16(12)23-15(10)17(22)20-11-5-6-14-19-7-8-21(14)9-11/h2-4,7-8,11H,5-6,9H2,1H3,(H,20,22). The fourth-order valence-corrected chi connectivity index (χ4v) is 3.16. The van der Waals surface area contributed by atoms with E-state index in [0.29, 0.717) is 17.5 Å². The Bertz CT molecular complexity index is 897. The number of imidazole rings is 1. The van der Waals surface area contributed by atoms with E-state index in [4.69, 9.17) is 4.42 Å². The van der Waals surface area contributed by atoms with E-state index in [9.17, 15) is 9.18 Å². The number of amides is 1. The van der Waals surface area contributed by atoms with Gasteiger partial charge in [0.15, 0.2) is 17.2 Å². The zero-order valence-electron chi connectivity index (χ0n) is 12.7. The predicted molar refractivity (Wildman–Crippen MR) is 82.7 cm³/mol. The third kappa shape index (κ3) is 2.30. The van der Waals surface area contributed by atoms with Crippen LogP contribution in [-0.4, -0.2) is 21.5 Å². The van der Waals surface area contributed by atoms with E-state index in [0.717, 1.165) is 18.7 Å². The lowest BCUT2D eigenvalue weighted by atomic mass is 10.1. The second kappa shape index (κ2) is 5.22. The summed E-state index contributed by atoms with van der Waals surface area (Å²) in [6, 6.07) is 4.71. The first-order valence-electron chi connectivity index (χ1n) is 7.62. The molecule has 6 heteroatoms. The number of fused-ring (bicyclic) bond motifs is 2. The number of carbonyl (C=O) groups excluding carboxylic acids is 1. The Morgan fingerprint density at radius 3 is 3.17 bits per heavy atom. The van der Waals surface area contributed by atoms with Crippen molar-refractivity contribution in [1.29, 1.82) is 0 Å². The molecule has 0 spiro atoms. The van der Waals surface area contributed by atoms with Gasteiger partial charge in [0, 0.05) is 42.4 Å². The maximum atomic E-state index is 13.8. The van der Waals surface area contributed by atoms with Crippen LogP contribution >= 0.6 is 0 Å². The van der Waals surface area contributed by atoms with Crippen LogP contribution in [0, 0.1) is 12.7 Å². The van der Waals surface area contributed by atoms with Gasteiger partial charge in [-0.2, -0.15) is 0 Å². The van der Waals surface area contributed by atoms with Gasteiger partial charge >= 0.3 is 0 Å². The maximum Gasteiger partial charge on any atom is 0.287 e. The number of hydrogen-bond acceptors (Lipinski definition) is 3. The van der Waals surface area contributed by atoms with Gasteiger partial charge in [-0.15, -0.1) is 0 Å². The molecule has 0 bridgehead atoms. The molecule has 1 aliphatic heterocycles. The van der Waals surface area contributed by atoms with Crippen LogP contribution in [0.1, 0.15) is 28.4 Å². The molecule has 1 aromatic carbocycles. The summed E-state index contributed by atoms with van der Waals surface area (Å²) in [5, 5.41) is 3.62. The highest BCUT2D eigenvalue weighted by molar-refractivity contribution is 5.99. The number of carbonyl (C=O) groups is 1. The molecule has 3 heterocycles. The molecule has 1 unspecified atom stereocenters. The van der Waals surface area contributed by atoms with E-state index in [-0.39, 0.29) is 23.3 Å². The van der Waals surface area contributed by atoms with Gasteiger partial charge in [0.25, 0.3) is 5.91 Å². The Balaban J connectivity index is 1.58. The lowest BCUT2D eigenvalue weighted by molar-refractivity contribution is 0.0900. The first-order valence-corrected chi connectivity index (χ1v) is 7.62. The van der Waals surface area contributed by atoms with Crippen molar-refractivity contribution in [3.63, 3.8) is 0 Å². The zero-order valence-corrected chi connectivity index (χ0v) is 12.7. The molecule has 0 fully saturated rings. The van der Waals surface area contributed by atoms with Gasteiger partial charge in [-0.05, 0) is 19.4 Å². The van der Waals surface area contributed by atoms with Gasteiger partial charge in [-0.25, -0.2) is 9.37 Å². The molecule has 1 atom stereocenters. The normalized spacial score (nSPS) is 17.2. The van der Waals surface area contributed by atoms with Gasteiger partial charge in [0.05, 0.1) is 0 Å². The fourth-order valence-electron chi connectivity index (χ4n) is 3.16. The number of rotatable bonds is 2. The molecule has 1 amide bonds. The molecule has 1 N–H and O–H groups in total. The SMILES string of the molecule is Cc1c(C(=O)NC2CCc3nccn3C2)oc2c(F)cccc12. The Morgan fingerprint density at radius 1 is 1.48 bits per heavy atom. The van der Waals surface area contributed by atoms with Crippen LogP contribution in [-0.2, 0) is 13.0 Å². The minimum absolute atomic E-state index is 0.0154. The van der Waals surface area contributed by atoms with Crippen molar-refractivity contribution < 1.29 is 13.6 Å². The van der Waals surface area contributed by atoms with Crippen LogP contribution in [0.3, 0.4) is 0 Å². The Kier molecular flexibility index (Phi) is 3.18. The van der Waals surface area contributed by atoms with Crippen LogP contribution in [0.5, 0.6) is 0 Å². The summed E-state index contributed by atoms with van der Waals surface area (Å²) in [6.45, 7) is 2.46. The van der Waals surface area contributed by atoms with Crippen LogP contribution in [0.4, 0.5) is 4.39 Å². The number of aromatic nitrogens is 2. The van der Waals surface area contributed by atoms with Gasteiger partial charge < -0.3 is 14.3 Å². The van der Waals surface area contributed by atoms with Crippen molar-refractivity contribution in [2.75, 3.05) is 0 Å². The number of aryl methyl sites for hydroxylation is 2. The maximum absolute atomic E-state index is 13.8. The van der Waals surface area contributed by atoms with Crippen molar-refractivity contribution in [3.8, 4) is 0 Å². The van der Waals surface area contributed by atoms with E-state index in [1.165, 1.54) is 6.07 Å². The fraction of sp³-hybridized carbons (Fsp3) is 0.294. The van der Waals surface area contributed by atoms with Crippen molar-refractivity contribution in [1.82, 2.24) is 14.9 Å². The third-order valence-electron chi connectivity index (χ3n) is 4.39. The van der Waals surface area contributed by atoms with Crippen LogP contribution in [0.15, 0.2) is 35.0 Å². The largest absolute Gasteiger partial charge is 0.448 e. The summed E-state index contributed by atoms with van der Waals surface area (Å²) in [5.74, 6) is 0.469. The molecule has 2 aromatic heterocycles. The average molecular weight is 313 g/mol. The van der Waals surface area contributed by atoms with E-state index < -0.39 is 5.82 Å². The molecule has 1 aliphatic rings. The molecule has 3 aromatic rings. The number of benzene rings is 1. The van der Waals surface area contributed by atoms with Gasteiger partial charge in [-0.1, -0.05) is 12.1 Å². The Morgan fingerprint density at radius 2 is 2.35 bits per heavy atom. The lowest BCUT2D eigenvalue weighted by Gasteiger charge is -2.24. The number of halogens is 1. The Labute approximate surface area is 132 Å². The molecule has 0 radical (unpaired) electrons. The molecule has 4 rings (SSSR count). The second-order valence-corrected chi connectivity index (χ2v) is 5.88. The molecule has 0 saturated heterocycles. The minimum atomic E-state index is -0.453. The quantitative estimate of drug-likeness (QED) is 0.791. The monoisotopic (exact) mass is 313 g/mol. The topological polar surface area (TPSA) is 60.1 Å². The first-order chi connectivity index (χ1) is 11.1. The molecule has 0 aliphatic carbocycles. The molecule has 0 saturated carbocycles.